The Morgan fingerprint density at radius 2 is 2.12 bits per heavy atom. The van der Waals surface area contributed by atoms with Crippen LogP contribution in [0.4, 0.5) is 4.39 Å². The van der Waals surface area contributed by atoms with E-state index >= 15 is 0 Å². The molecular weight excluding hydrogens is 232 g/mol. The predicted molar refractivity (Wildman–Crippen MR) is 55.0 cm³/mol. The van der Waals surface area contributed by atoms with Crippen LogP contribution in [0, 0.1) is 5.95 Å². The minimum Gasteiger partial charge on any atom is -0.660 e. The molecule has 2 aliphatic rings. The molecule has 0 N–H and O–H groups in total. The van der Waals surface area contributed by atoms with Crippen molar-refractivity contribution < 1.29 is 55.8 Å². The molecule has 3 heterocycles. The van der Waals surface area contributed by atoms with Gasteiger partial charge in [-0.1, -0.05) is 6.07 Å². The Labute approximate surface area is 137 Å². The molecule has 3 rings (SSSR count). The molecule has 0 aromatic carbocycles. The Balaban J connectivity index is 0.000000963. The molecule has 2 saturated heterocycles. The predicted octanol–water partition coefficient (Wildman–Crippen LogP) is -1.45. The number of hydrogen-bond donors (Lipinski definition) is 0. The minimum absolute atomic E-state index is 0. The maximum atomic E-state index is 12.6. The Hall–Kier alpha value is 0.636. The fourth-order valence-electron chi connectivity index (χ4n) is 2.45. The SMILES string of the molecule is Fc1ccc(CN2C3C[N-]CC2C3)cn1.[K+]. The topological polar surface area (TPSA) is 30.2 Å². The first-order valence-corrected chi connectivity index (χ1v) is 5.32. The zero-order valence-corrected chi connectivity index (χ0v) is 12.6. The summed E-state index contributed by atoms with van der Waals surface area (Å²) in [4.78, 5) is 6.11. The van der Waals surface area contributed by atoms with Gasteiger partial charge in [-0.15, -0.1) is 13.1 Å². The maximum absolute atomic E-state index is 12.6. The van der Waals surface area contributed by atoms with E-state index in [0.717, 1.165) is 25.2 Å². The van der Waals surface area contributed by atoms with Crippen molar-refractivity contribution in [1.82, 2.24) is 9.88 Å². The number of pyridine rings is 1. The molecule has 1 aromatic rings. The van der Waals surface area contributed by atoms with Gasteiger partial charge in [-0.2, -0.15) is 4.39 Å². The summed E-state index contributed by atoms with van der Waals surface area (Å²) >= 11 is 0. The molecule has 80 valence electrons. The van der Waals surface area contributed by atoms with E-state index in [4.69, 9.17) is 0 Å². The molecule has 16 heavy (non-hydrogen) atoms. The van der Waals surface area contributed by atoms with Crippen molar-refractivity contribution in [2.75, 3.05) is 13.1 Å². The Kier molecular flexibility index (Phi) is 4.51. The second-order valence-corrected chi connectivity index (χ2v) is 4.29. The van der Waals surface area contributed by atoms with E-state index in [2.05, 4.69) is 15.2 Å². The van der Waals surface area contributed by atoms with Gasteiger partial charge in [-0.25, -0.2) is 4.98 Å². The Bertz CT molecular complexity index is 343. The Morgan fingerprint density at radius 3 is 2.69 bits per heavy atom. The standard InChI is InChI=1S/C11H13FN3.K/c12-11-2-1-8(4-14-11)7-15-9-3-10(15)6-13-5-9;/h1-2,4,9-10H,3,5-7H2;/q-1;+1. The van der Waals surface area contributed by atoms with Gasteiger partial charge in [0.1, 0.15) is 0 Å². The average Bonchev–Trinajstić information content (AvgIpc) is 2.29. The summed E-state index contributed by atoms with van der Waals surface area (Å²) < 4.78 is 12.6. The first-order chi connectivity index (χ1) is 7.33. The fraction of sp³-hybridized carbons (Fsp3) is 0.545. The number of halogens is 1. The van der Waals surface area contributed by atoms with Gasteiger partial charge in [0.25, 0.3) is 0 Å². The molecule has 0 aliphatic carbocycles. The van der Waals surface area contributed by atoms with E-state index in [1.54, 1.807) is 6.20 Å². The molecule has 3 nitrogen and oxygen atoms in total. The van der Waals surface area contributed by atoms with Crippen molar-refractivity contribution in [3.05, 3.63) is 35.2 Å². The monoisotopic (exact) mass is 245 g/mol. The Morgan fingerprint density at radius 1 is 1.38 bits per heavy atom. The number of piperazine rings is 1. The molecule has 5 heteroatoms. The van der Waals surface area contributed by atoms with Gasteiger partial charge in [0.2, 0.25) is 5.95 Å². The minimum atomic E-state index is -0.405. The van der Waals surface area contributed by atoms with E-state index in [1.165, 1.54) is 12.5 Å². The summed E-state index contributed by atoms with van der Waals surface area (Å²) in [5, 5.41) is 4.40. The summed E-state index contributed by atoms with van der Waals surface area (Å²) in [5.41, 5.74) is 1.09. The van der Waals surface area contributed by atoms with Crippen molar-refractivity contribution in [2.45, 2.75) is 25.0 Å². The smallest absolute Gasteiger partial charge is 0.660 e. The molecule has 2 bridgehead atoms. The van der Waals surface area contributed by atoms with E-state index < -0.39 is 5.95 Å². The van der Waals surface area contributed by atoms with Gasteiger partial charge in [0, 0.05) is 12.7 Å². The third-order valence-corrected chi connectivity index (χ3v) is 3.32. The van der Waals surface area contributed by atoms with Crippen LogP contribution in [-0.2, 0) is 6.54 Å². The maximum Gasteiger partial charge on any atom is 1.00 e. The van der Waals surface area contributed by atoms with Crippen molar-refractivity contribution in [3.63, 3.8) is 0 Å². The number of nitrogens with zero attached hydrogens (tertiary/aromatic N) is 3. The normalized spacial score (nSPS) is 28.1. The zero-order valence-electron chi connectivity index (χ0n) is 9.43. The van der Waals surface area contributed by atoms with Gasteiger partial charge >= 0.3 is 51.4 Å². The van der Waals surface area contributed by atoms with Crippen molar-refractivity contribution in [3.8, 4) is 0 Å². The van der Waals surface area contributed by atoms with Crippen LogP contribution in [0.3, 0.4) is 0 Å². The molecule has 2 unspecified atom stereocenters. The van der Waals surface area contributed by atoms with Crippen molar-refractivity contribution in [2.24, 2.45) is 0 Å². The molecule has 2 atom stereocenters. The number of hydrogen-bond acceptors (Lipinski definition) is 2. The quantitative estimate of drug-likeness (QED) is 0.472. The third-order valence-electron chi connectivity index (χ3n) is 3.32. The third kappa shape index (κ3) is 2.56. The van der Waals surface area contributed by atoms with Crippen LogP contribution >= 0.6 is 0 Å². The van der Waals surface area contributed by atoms with E-state index in [1.807, 2.05) is 6.07 Å². The summed E-state index contributed by atoms with van der Waals surface area (Å²) in [5.74, 6) is -0.405. The molecule has 0 amide bonds. The number of piperidine rings is 1. The van der Waals surface area contributed by atoms with Crippen LogP contribution in [0.15, 0.2) is 18.3 Å². The van der Waals surface area contributed by atoms with Gasteiger partial charge in [0.15, 0.2) is 0 Å². The molecule has 0 saturated carbocycles. The first kappa shape index (κ1) is 13.1. The second kappa shape index (κ2) is 5.52. The molecule has 2 fully saturated rings. The van der Waals surface area contributed by atoms with Crippen LogP contribution in [-0.4, -0.2) is 35.1 Å². The van der Waals surface area contributed by atoms with Crippen molar-refractivity contribution in [1.29, 1.82) is 0 Å². The van der Waals surface area contributed by atoms with Crippen LogP contribution in [0.2, 0.25) is 0 Å². The number of rotatable bonds is 2. The van der Waals surface area contributed by atoms with Gasteiger partial charge in [0.05, 0.1) is 0 Å². The largest absolute Gasteiger partial charge is 1.00 e. The second-order valence-electron chi connectivity index (χ2n) is 4.29. The molecule has 1 aromatic heterocycles. The first-order valence-electron chi connectivity index (χ1n) is 5.32. The number of fused-ring (bicyclic) bond motifs is 2. The van der Waals surface area contributed by atoms with E-state index in [9.17, 15) is 4.39 Å². The van der Waals surface area contributed by atoms with Gasteiger partial charge in [-0.05, 0) is 30.1 Å². The van der Waals surface area contributed by atoms with Crippen LogP contribution in [0.5, 0.6) is 0 Å². The van der Waals surface area contributed by atoms with Gasteiger partial charge in [-0.3, -0.25) is 4.90 Å². The summed E-state index contributed by atoms with van der Waals surface area (Å²) in [6.45, 7) is 2.81. The molecular formula is C11H13FKN3. The zero-order chi connectivity index (χ0) is 10.3. The molecule has 0 spiro atoms. The van der Waals surface area contributed by atoms with Crippen LogP contribution in [0.1, 0.15) is 12.0 Å². The van der Waals surface area contributed by atoms with Crippen molar-refractivity contribution >= 4 is 0 Å². The number of aromatic nitrogens is 1. The van der Waals surface area contributed by atoms with E-state index in [-0.39, 0.29) is 51.4 Å². The summed E-state index contributed by atoms with van der Waals surface area (Å²) in [6.07, 6.45) is 2.90. The average molecular weight is 245 g/mol. The fourth-order valence-corrected chi connectivity index (χ4v) is 2.45. The molecule has 0 radical (unpaired) electrons. The van der Waals surface area contributed by atoms with Crippen LogP contribution in [0.25, 0.3) is 5.32 Å². The van der Waals surface area contributed by atoms with Crippen LogP contribution < -0.4 is 51.4 Å². The molecule has 2 aliphatic heterocycles. The van der Waals surface area contributed by atoms with Gasteiger partial charge < -0.3 is 5.32 Å². The summed E-state index contributed by atoms with van der Waals surface area (Å²) in [7, 11) is 0. The van der Waals surface area contributed by atoms with E-state index in [0.29, 0.717) is 12.1 Å². The summed E-state index contributed by atoms with van der Waals surface area (Å²) in [6, 6.07) is 4.48.